The summed E-state index contributed by atoms with van der Waals surface area (Å²) in [5, 5.41) is 13.3. The van der Waals surface area contributed by atoms with E-state index < -0.39 is 23.0 Å². The number of nitrogens with one attached hydrogen (secondary N) is 2. The normalized spacial score (nSPS) is 20.0. The molecule has 10 nitrogen and oxygen atoms in total. The SMILES string of the molecule is CNc1cc(F)c(F)c2c1[nH]c1ncc(-c3cnc4c(c3)c(=O)c(C(=O)O)cn4C)c(N3CC4CC[C@@H](CN(C)C)C4C3)c12. The van der Waals surface area contributed by atoms with E-state index in [2.05, 4.69) is 44.2 Å². The van der Waals surface area contributed by atoms with Crippen molar-refractivity contribution in [2.45, 2.75) is 12.8 Å². The van der Waals surface area contributed by atoms with Gasteiger partial charge in [-0.2, -0.15) is 0 Å². The number of nitrogens with zero attached hydrogens (tertiary/aromatic N) is 5. The van der Waals surface area contributed by atoms with Crippen LogP contribution in [0.5, 0.6) is 0 Å². The zero-order valence-electron chi connectivity index (χ0n) is 24.9. The van der Waals surface area contributed by atoms with E-state index in [0.717, 1.165) is 38.5 Å². The first kappa shape index (κ1) is 28.2. The molecular formula is C32H33F2N7O3. The molecule has 2 aliphatic rings. The van der Waals surface area contributed by atoms with Crippen LogP contribution in [0.2, 0.25) is 0 Å². The second kappa shape index (κ2) is 10.3. The maximum atomic E-state index is 15.8. The Bertz CT molecular complexity index is 2050. The van der Waals surface area contributed by atoms with Crippen LogP contribution in [0, 0.1) is 29.4 Å². The highest BCUT2D eigenvalue weighted by atomic mass is 19.2. The fraction of sp³-hybridized carbons (Fsp3) is 0.375. The Morgan fingerprint density at radius 3 is 2.68 bits per heavy atom. The molecule has 0 amide bonds. The van der Waals surface area contributed by atoms with Crippen molar-refractivity contribution in [3.05, 3.63) is 58.1 Å². The number of carboxylic acids is 1. The lowest BCUT2D eigenvalue weighted by molar-refractivity contribution is 0.0695. The summed E-state index contributed by atoms with van der Waals surface area (Å²) in [6.07, 6.45) is 6.79. The van der Waals surface area contributed by atoms with Gasteiger partial charge >= 0.3 is 5.97 Å². The van der Waals surface area contributed by atoms with Gasteiger partial charge in [-0.05, 0) is 50.8 Å². The van der Waals surface area contributed by atoms with Gasteiger partial charge in [0.25, 0.3) is 0 Å². The smallest absolute Gasteiger partial charge is 0.341 e. The number of carboxylic acid groups (broad SMARTS) is 1. The number of aromatic nitrogens is 4. The van der Waals surface area contributed by atoms with Crippen LogP contribution in [-0.4, -0.2) is 76.3 Å². The van der Waals surface area contributed by atoms with Crippen molar-refractivity contribution in [2.75, 3.05) is 51.0 Å². The van der Waals surface area contributed by atoms with Gasteiger partial charge in [0.05, 0.1) is 33.1 Å². The van der Waals surface area contributed by atoms with Gasteiger partial charge in [0.15, 0.2) is 11.6 Å². The number of H-pyrrole nitrogens is 1. The minimum atomic E-state index is -1.32. The van der Waals surface area contributed by atoms with Crippen molar-refractivity contribution in [1.29, 1.82) is 0 Å². The van der Waals surface area contributed by atoms with Crippen molar-refractivity contribution >= 4 is 50.3 Å². The second-order valence-corrected chi connectivity index (χ2v) is 12.4. The fourth-order valence-corrected chi connectivity index (χ4v) is 7.60. The Labute approximate surface area is 251 Å². The zero-order valence-corrected chi connectivity index (χ0v) is 24.9. The number of halogens is 2. The summed E-state index contributed by atoms with van der Waals surface area (Å²) in [5.74, 6) is -1.85. The Kier molecular flexibility index (Phi) is 6.58. The molecule has 1 aliphatic carbocycles. The van der Waals surface area contributed by atoms with Gasteiger partial charge in [0.1, 0.15) is 16.9 Å². The van der Waals surface area contributed by atoms with Gasteiger partial charge in [0.2, 0.25) is 5.43 Å². The first-order chi connectivity index (χ1) is 21.1. The molecule has 1 aliphatic heterocycles. The van der Waals surface area contributed by atoms with Gasteiger partial charge in [-0.3, -0.25) is 4.79 Å². The van der Waals surface area contributed by atoms with Crippen LogP contribution in [0.1, 0.15) is 23.2 Å². The maximum Gasteiger partial charge on any atom is 0.341 e. The van der Waals surface area contributed by atoms with Crippen molar-refractivity contribution in [3.63, 3.8) is 0 Å². The van der Waals surface area contributed by atoms with Gasteiger partial charge in [0, 0.05) is 69.5 Å². The summed E-state index contributed by atoms with van der Waals surface area (Å²) in [4.78, 5) is 41.9. The van der Waals surface area contributed by atoms with Crippen LogP contribution in [0.25, 0.3) is 44.1 Å². The monoisotopic (exact) mass is 601 g/mol. The molecule has 2 fully saturated rings. The first-order valence-electron chi connectivity index (χ1n) is 14.7. The molecule has 5 heterocycles. The molecular weight excluding hydrogens is 568 g/mol. The average Bonchev–Trinajstić information content (AvgIpc) is 3.69. The highest BCUT2D eigenvalue weighted by Crippen LogP contribution is 2.49. The molecule has 3 atom stereocenters. The number of aryl methyl sites for hydroxylation is 1. The third kappa shape index (κ3) is 4.22. The van der Waals surface area contributed by atoms with E-state index >= 15 is 4.39 Å². The molecule has 2 unspecified atom stereocenters. The Morgan fingerprint density at radius 2 is 1.95 bits per heavy atom. The molecule has 1 saturated heterocycles. The summed E-state index contributed by atoms with van der Waals surface area (Å²) in [7, 11) is 7.45. The van der Waals surface area contributed by atoms with E-state index in [9.17, 15) is 19.1 Å². The van der Waals surface area contributed by atoms with Crippen LogP contribution < -0.4 is 15.6 Å². The summed E-state index contributed by atoms with van der Waals surface area (Å²) >= 11 is 0. The molecule has 5 aromatic rings. The van der Waals surface area contributed by atoms with Crippen molar-refractivity contribution in [3.8, 4) is 11.1 Å². The maximum absolute atomic E-state index is 15.8. The molecule has 4 aromatic heterocycles. The number of aromatic amines is 1. The minimum absolute atomic E-state index is 0.105. The van der Waals surface area contributed by atoms with Crippen molar-refractivity contribution < 1.29 is 18.7 Å². The van der Waals surface area contributed by atoms with Gasteiger partial charge < -0.3 is 29.8 Å². The van der Waals surface area contributed by atoms with Gasteiger partial charge in [-0.25, -0.2) is 23.5 Å². The molecule has 1 saturated carbocycles. The second-order valence-electron chi connectivity index (χ2n) is 12.4. The lowest BCUT2D eigenvalue weighted by Gasteiger charge is -2.26. The lowest BCUT2D eigenvalue weighted by atomic mass is 9.92. The highest BCUT2D eigenvalue weighted by molar-refractivity contribution is 6.18. The molecule has 228 valence electrons. The van der Waals surface area contributed by atoms with E-state index in [4.69, 9.17) is 0 Å². The van der Waals surface area contributed by atoms with Crippen molar-refractivity contribution in [2.24, 2.45) is 24.8 Å². The van der Waals surface area contributed by atoms with Crippen LogP contribution in [-0.2, 0) is 7.05 Å². The minimum Gasteiger partial charge on any atom is -0.477 e. The predicted molar refractivity (Wildman–Crippen MR) is 166 cm³/mol. The number of anilines is 2. The summed E-state index contributed by atoms with van der Waals surface area (Å²) < 4.78 is 32.3. The summed E-state index contributed by atoms with van der Waals surface area (Å²) in [5.41, 5.74) is 2.40. The largest absolute Gasteiger partial charge is 0.477 e. The predicted octanol–water partition coefficient (Wildman–Crippen LogP) is 4.67. The zero-order chi connectivity index (χ0) is 31.0. The van der Waals surface area contributed by atoms with Gasteiger partial charge in [-0.15, -0.1) is 0 Å². The third-order valence-electron chi connectivity index (χ3n) is 9.51. The van der Waals surface area contributed by atoms with Gasteiger partial charge in [-0.1, -0.05) is 0 Å². The van der Waals surface area contributed by atoms with E-state index in [-0.39, 0.29) is 16.3 Å². The number of rotatable bonds is 6. The highest BCUT2D eigenvalue weighted by Gasteiger charge is 2.43. The molecule has 44 heavy (non-hydrogen) atoms. The Hall–Kier alpha value is -4.58. The third-order valence-corrected chi connectivity index (χ3v) is 9.51. The molecule has 0 radical (unpaired) electrons. The average molecular weight is 602 g/mol. The molecule has 12 heteroatoms. The van der Waals surface area contributed by atoms with Crippen molar-refractivity contribution in [1.82, 2.24) is 24.4 Å². The van der Waals surface area contributed by atoms with E-state index in [1.807, 2.05) is 0 Å². The standard InChI is InChI=1S/C32H33F2N7O3/c1-35-23-8-22(33)26(34)24-25-28(41-12-16-6-5-15(11-39(2)3)20(16)14-41)19(10-36-30(25)38-27(23)24)17-7-18-29(42)21(32(43)44)13-40(4)31(18)37-9-17/h7-10,13,15-16,20,35H,5-6,11-12,14H2,1-4H3,(H,36,38)(H,43,44)/t15-,16?,20?/m0/s1. The Morgan fingerprint density at radius 1 is 1.16 bits per heavy atom. The van der Waals surface area contributed by atoms with E-state index in [1.54, 1.807) is 32.6 Å². The van der Waals surface area contributed by atoms with E-state index in [1.165, 1.54) is 10.8 Å². The van der Waals surface area contributed by atoms with Crippen LogP contribution in [0.4, 0.5) is 20.2 Å². The number of hydrogen-bond donors (Lipinski definition) is 3. The molecule has 0 spiro atoms. The summed E-state index contributed by atoms with van der Waals surface area (Å²) in [6, 6.07) is 2.75. The quantitative estimate of drug-likeness (QED) is 0.257. The van der Waals surface area contributed by atoms with Crippen LogP contribution in [0.15, 0.2) is 35.5 Å². The molecule has 1 aromatic carbocycles. The lowest BCUT2D eigenvalue weighted by Crippen LogP contribution is -2.28. The van der Waals surface area contributed by atoms with Crippen LogP contribution in [0.3, 0.4) is 0 Å². The summed E-state index contributed by atoms with van der Waals surface area (Å²) in [6.45, 7) is 2.47. The molecule has 7 rings (SSSR count). The number of carbonyl (C=O) groups is 1. The topological polar surface area (TPSA) is 119 Å². The van der Waals surface area contributed by atoms with Crippen LogP contribution >= 0.6 is 0 Å². The number of fused-ring (bicyclic) bond motifs is 5. The fourth-order valence-electron chi connectivity index (χ4n) is 7.60. The van der Waals surface area contributed by atoms with E-state index in [0.29, 0.717) is 62.5 Å². The molecule has 3 N–H and O–H groups in total. The first-order valence-corrected chi connectivity index (χ1v) is 14.7. The number of pyridine rings is 3. The Balaban J connectivity index is 1.50. The number of aromatic carboxylic acids is 1. The molecule has 0 bridgehead atoms. The number of hydrogen-bond acceptors (Lipinski definition) is 7. The number of benzene rings is 1.